The number of para-hydroxylation sites is 1. The molecule has 0 saturated carbocycles. The van der Waals surface area contributed by atoms with E-state index < -0.39 is 0 Å². The number of benzene rings is 1. The Kier molecular flexibility index (Phi) is 1.94. The van der Waals surface area contributed by atoms with Gasteiger partial charge in [-0.15, -0.1) is 0 Å². The molecule has 0 aliphatic carbocycles. The van der Waals surface area contributed by atoms with E-state index in [1.807, 2.05) is 12.1 Å². The first-order valence-corrected chi connectivity index (χ1v) is 4.33. The molecular formula is C10H13N3. The summed E-state index contributed by atoms with van der Waals surface area (Å²) in [6.07, 6.45) is 2.04. The summed E-state index contributed by atoms with van der Waals surface area (Å²) in [4.78, 5) is 0. The van der Waals surface area contributed by atoms with Crippen molar-refractivity contribution in [2.75, 3.05) is 11.9 Å². The maximum absolute atomic E-state index is 5.42. The van der Waals surface area contributed by atoms with Gasteiger partial charge in [0.2, 0.25) is 0 Å². The normalized spacial score (nSPS) is 14.2. The Balaban J connectivity index is 2.55. The number of hydrogen-bond acceptors (Lipinski definition) is 3. The van der Waals surface area contributed by atoms with Crippen LogP contribution in [0.25, 0.3) is 5.70 Å². The zero-order valence-electron chi connectivity index (χ0n) is 7.59. The molecular weight excluding hydrogens is 162 g/mol. The number of fused-ring (bicyclic) bond motifs is 1. The van der Waals surface area contributed by atoms with Gasteiger partial charge in [-0.1, -0.05) is 18.2 Å². The molecule has 1 heterocycles. The Morgan fingerprint density at radius 3 is 3.08 bits per heavy atom. The predicted molar refractivity (Wildman–Crippen MR) is 55.0 cm³/mol. The van der Waals surface area contributed by atoms with Gasteiger partial charge in [-0.2, -0.15) is 0 Å². The van der Waals surface area contributed by atoms with Crippen molar-refractivity contribution in [2.24, 2.45) is 5.84 Å². The highest BCUT2D eigenvalue weighted by Gasteiger charge is 2.11. The Labute approximate surface area is 77.6 Å². The van der Waals surface area contributed by atoms with Crippen LogP contribution in [0.3, 0.4) is 0 Å². The summed E-state index contributed by atoms with van der Waals surface area (Å²) in [6.45, 7) is 2.92. The van der Waals surface area contributed by atoms with Gasteiger partial charge in [-0.3, -0.25) is 5.84 Å². The van der Waals surface area contributed by atoms with Crippen molar-refractivity contribution in [1.29, 1.82) is 0 Å². The third-order valence-electron chi connectivity index (χ3n) is 2.30. The molecule has 1 aromatic rings. The van der Waals surface area contributed by atoms with Gasteiger partial charge in [0.05, 0.1) is 5.70 Å². The van der Waals surface area contributed by atoms with E-state index in [1.54, 1.807) is 0 Å². The van der Waals surface area contributed by atoms with Crippen LogP contribution in [-0.4, -0.2) is 6.54 Å². The molecule has 13 heavy (non-hydrogen) atoms. The standard InChI is InChI=1S/C10H13N3/c1-7-3-2-4-8-9(13-11)5-6-12-10(7)8/h2-5,12-13H,6,11H2,1H3. The molecule has 0 bridgehead atoms. The minimum absolute atomic E-state index is 0.831. The number of nitrogens with one attached hydrogen (secondary N) is 2. The number of aryl methyl sites for hydroxylation is 1. The molecule has 1 aromatic carbocycles. The van der Waals surface area contributed by atoms with Crippen molar-refractivity contribution >= 4 is 11.4 Å². The summed E-state index contributed by atoms with van der Waals surface area (Å²) in [5, 5.41) is 3.32. The lowest BCUT2D eigenvalue weighted by Crippen LogP contribution is -2.24. The second-order valence-corrected chi connectivity index (χ2v) is 3.14. The first-order chi connectivity index (χ1) is 6.33. The molecule has 3 heteroatoms. The maximum atomic E-state index is 5.42. The zero-order valence-corrected chi connectivity index (χ0v) is 7.59. The summed E-state index contributed by atoms with van der Waals surface area (Å²) >= 11 is 0. The van der Waals surface area contributed by atoms with E-state index in [4.69, 9.17) is 5.84 Å². The first-order valence-electron chi connectivity index (χ1n) is 4.33. The van der Waals surface area contributed by atoms with Crippen LogP contribution >= 0.6 is 0 Å². The van der Waals surface area contributed by atoms with Gasteiger partial charge in [0.25, 0.3) is 0 Å². The fourth-order valence-electron chi connectivity index (χ4n) is 1.63. The fourth-order valence-corrected chi connectivity index (χ4v) is 1.63. The number of hydrogen-bond donors (Lipinski definition) is 3. The topological polar surface area (TPSA) is 50.1 Å². The lowest BCUT2D eigenvalue weighted by molar-refractivity contribution is 0.979. The van der Waals surface area contributed by atoms with Gasteiger partial charge in [-0.05, 0) is 18.6 Å². The third-order valence-corrected chi connectivity index (χ3v) is 2.30. The molecule has 3 nitrogen and oxygen atoms in total. The van der Waals surface area contributed by atoms with Gasteiger partial charge in [0.1, 0.15) is 0 Å². The van der Waals surface area contributed by atoms with E-state index in [2.05, 4.69) is 29.8 Å². The lowest BCUT2D eigenvalue weighted by Gasteiger charge is -2.20. The van der Waals surface area contributed by atoms with Crippen LogP contribution in [0.15, 0.2) is 24.3 Å². The van der Waals surface area contributed by atoms with Crippen LogP contribution in [0.4, 0.5) is 5.69 Å². The third kappa shape index (κ3) is 1.27. The van der Waals surface area contributed by atoms with E-state index in [1.165, 1.54) is 11.3 Å². The van der Waals surface area contributed by atoms with Crippen molar-refractivity contribution in [2.45, 2.75) is 6.92 Å². The van der Waals surface area contributed by atoms with E-state index in [-0.39, 0.29) is 0 Å². The second-order valence-electron chi connectivity index (χ2n) is 3.14. The minimum Gasteiger partial charge on any atom is -0.381 e. The number of hydrazine groups is 1. The van der Waals surface area contributed by atoms with Crippen molar-refractivity contribution in [1.82, 2.24) is 5.43 Å². The summed E-state index contributed by atoms with van der Waals surface area (Å²) in [5.74, 6) is 5.42. The average Bonchev–Trinajstić information content (AvgIpc) is 2.18. The molecule has 1 aliphatic rings. The largest absolute Gasteiger partial charge is 0.381 e. The number of nitrogens with two attached hydrogens (primary N) is 1. The van der Waals surface area contributed by atoms with E-state index in [0.29, 0.717) is 0 Å². The van der Waals surface area contributed by atoms with Crippen LogP contribution in [0.1, 0.15) is 11.1 Å². The molecule has 0 unspecified atom stereocenters. The smallest absolute Gasteiger partial charge is 0.0556 e. The molecule has 4 N–H and O–H groups in total. The van der Waals surface area contributed by atoms with Gasteiger partial charge < -0.3 is 10.7 Å². The maximum Gasteiger partial charge on any atom is 0.0556 e. The summed E-state index contributed by atoms with van der Waals surface area (Å²) in [7, 11) is 0. The van der Waals surface area contributed by atoms with Crippen molar-refractivity contribution < 1.29 is 0 Å². The van der Waals surface area contributed by atoms with Crippen LogP contribution in [-0.2, 0) is 0 Å². The molecule has 0 saturated heterocycles. The Morgan fingerprint density at radius 2 is 2.31 bits per heavy atom. The van der Waals surface area contributed by atoms with Crippen LogP contribution in [0.2, 0.25) is 0 Å². The summed E-state index contributed by atoms with van der Waals surface area (Å²) in [6, 6.07) is 6.18. The molecule has 0 fully saturated rings. The van der Waals surface area contributed by atoms with E-state index >= 15 is 0 Å². The quantitative estimate of drug-likeness (QED) is 0.444. The predicted octanol–water partition coefficient (Wildman–Crippen LogP) is 1.22. The van der Waals surface area contributed by atoms with Gasteiger partial charge >= 0.3 is 0 Å². The van der Waals surface area contributed by atoms with Crippen molar-refractivity contribution in [3.63, 3.8) is 0 Å². The average molecular weight is 175 g/mol. The molecule has 68 valence electrons. The van der Waals surface area contributed by atoms with Gasteiger partial charge in [-0.25, -0.2) is 0 Å². The van der Waals surface area contributed by atoms with E-state index in [9.17, 15) is 0 Å². The highest BCUT2D eigenvalue weighted by atomic mass is 15.2. The molecule has 0 aromatic heterocycles. The molecule has 0 spiro atoms. The zero-order chi connectivity index (χ0) is 9.26. The highest BCUT2D eigenvalue weighted by Crippen LogP contribution is 2.27. The fraction of sp³-hybridized carbons (Fsp3) is 0.200. The van der Waals surface area contributed by atoms with Gasteiger partial charge in [0, 0.05) is 17.8 Å². The van der Waals surface area contributed by atoms with E-state index in [0.717, 1.165) is 17.8 Å². The number of rotatable bonds is 1. The number of anilines is 1. The van der Waals surface area contributed by atoms with Crippen LogP contribution in [0, 0.1) is 6.92 Å². The Morgan fingerprint density at radius 1 is 1.46 bits per heavy atom. The molecule has 0 amide bonds. The molecule has 2 rings (SSSR count). The van der Waals surface area contributed by atoms with Crippen molar-refractivity contribution in [3.8, 4) is 0 Å². The van der Waals surface area contributed by atoms with Crippen molar-refractivity contribution in [3.05, 3.63) is 35.4 Å². The van der Waals surface area contributed by atoms with Gasteiger partial charge in [0.15, 0.2) is 0 Å². The molecule has 1 aliphatic heterocycles. The molecule has 0 atom stereocenters. The van der Waals surface area contributed by atoms with Crippen LogP contribution < -0.4 is 16.6 Å². The second kappa shape index (κ2) is 3.11. The SMILES string of the molecule is Cc1cccc2c1NCC=C2NN. The Hall–Kier alpha value is -1.48. The Bertz CT molecular complexity index is 355. The summed E-state index contributed by atoms with van der Waals surface area (Å²) in [5.41, 5.74) is 7.28. The molecule has 0 radical (unpaired) electrons. The minimum atomic E-state index is 0.831. The first kappa shape index (κ1) is 8.13. The van der Waals surface area contributed by atoms with Crippen LogP contribution in [0.5, 0.6) is 0 Å². The monoisotopic (exact) mass is 175 g/mol. The highest BCUT2D eigenvalue weighted by molar-refractivity contribution is 5.79. The summed E-state index contributed by atoms with van der Waals surface area (Å²) < 4.78 is 0. The lowest BCUT2D eigenvalue weighted by atomic mass is 10.0.